The molecule has 0 aliphatic carbocycles. The van der Waals surface area contributed by atoms with Gasteiger partial charge in [-0.2, -0.15) is 34.5 Å². The Bertz CT molecular complexity index is 4010. The van der Waals surface area contributed by atoms with Crippen molar-refractivity contribution >= 4 is 87.2 Å². The van der Waals surface area contributed by atoms with Crippen LogP contribution in [0, 0.1) is 10.8 Å². The Balaban J connectivity index is 1.68. The van der Waals surface area contributed by atoms with E-state index in [4.69, 9.17) is 52.6 Å². The van der Waals surface area contributed by atoms with E-state index in [1.54, 1.807) is 80.5 Å². The van der Waals surface area contributed by atoms with Gasteiger partial charge >= 0.3 is 0 Å². The molecule has 3 heterocycles. The predicted octanol–water partition coefficient (Wildman–Crippen LogP) is 13.1. The van der Waals surface area contributed by atoms with Crippen molar-refractivity contribution in [1.82, 2.24) is 63.9 Å². The minimum absolute atomic E-state index is 0.0779. The van der Waals surface area contributed by atoms with E-state index in [0.717, 1.165) is 0 Å². The monoisotopic (exact) mass is 1400 g/mol. The van der Waals surface area contributed by atoms with E-state index in [2.05, 4.69) is 25.8 Å². The topological polar surface area (TPSA) is 384 Å². The van der Waals surface area contributed by atoms with Gasteiger partial charge in [0.15, 0.2) is 23.0 Å². The number of allylic oxidation sites excluding steroid dienone is 1. The van der Waals surface area contributed by atoms with Crippen LogP contribution < -0.4 is 22.5 Å². The number of anilines is 3. The number of azo groups is 3. The normalized spacial score (nSPS) is 12.3. The maximum Gasteiger partial charge on any atom is 0.259 e. The number of hydrogen-bond donors (Lipinski definition) is 5. The third kappa shape index (κ3) is 17.9. The van der Waals surface area contributed by atoms with Gasteiger partial charge in [0.25, 0.3) is 47.3 Å². The van der Waals surface area contributed by atoms with Gasteiger partial charge in [0.1, 0.15) is 11.5 Å². The van der Waals surface area contributed by atoms with Crippen LogP contribution in [0.4, 0.5) is 46.0 Å². The van der Waals surface area contributed by atoms with E-state index in [-0.39, 0.29) is 127 Å². The minimum Gasteiger partial charge on any atom is -0.383 e. The summed E-state index contributed by atoms with van der Waals surface area (Å²) in [5.74, 6) is -3.24. The van der Waals surface area contributed by atoms with Crippen molar-refractivity contribution in [3.8, 4) is 11.9 Å². The van der Waals surface area contributed by atoms with Crippen LogP contribution in [-0.4, -0.2) is 184 Å². The van der Waals surface area contributed by atoms with Crippen molar-refractivity contribution in [2.75, 3.05) is 95.3 Å². The molecule has 3 aromatic carbocycles. The maximum atomic E-state index is 14.3. The summed E-state index contributed by atoms with van der Waals surface area (Å²) in [7, 11) is 0. The molecule has 0 aliphatic heterocycles. The van der Waals surface area contributed by atoms with E-state index < -0.39 is 22.2 Å². The lowest BCUT2D eigenvalue weighted by atomic mass is 9.88. The molecule has 0 radical (unpaired) electrons. The molecule has 30 nitrogen and oxygen atoms in total. The van der Waals surface area contributed by atoms with E-state index in [0.29, 0.717) is 101 Å². The fourth-order valence-electron chi connectivity index (χ4n) is 10.9. The van der Waals surface area contributed by atoms with Crippen LogP contribution in [0.25, 0.3) is 11.9 Å². The molecule has 0 spiro atoms. The first kappa shape index (κ1) is 80.3. The second kappa shape index (κ2) is 34.1. The molecule has 6 rings (SSSR count). The zero-order chi connectivity index (χ0) is 76.0. The molecular formula is C72H104N24O6. The number of benzene rings is 3. The van der Waals surface area contributed by atoms with Crippen molar-refractivity contribution in [3.63, 3.8) is 0 Å². The molecule has 6 aromatic rings. The first-order chi connectivity index (χ1) is 48.1. The summed E-state index contributed by atoms with van der Waals surface area (Å²) < 4.78 is 2.43. The van der Waals surface area contributed by atoms with Crippen LogP contribution in [0.2, 0.25) is 0 Å². The summed E-state index contributed by atoms with van der Waals surface area (Å²) in [5, 5.41) is 50.6. The molecule has 102 heavy (non-hydrogen) atoms. The van der Waals surface area contributed by atoms with Crippen molar-refractivity contribution in [2.45, 2.75) is 156 Å². The Morgan fingerprint density at radius 3 is 0.990 bits per heavy atom. The Morgan fingerprint density at radius 2 is 0.716 bits per heavy atom. The van der Waals surface area contributed by atoms with Crippen LogP contribution >= 0.6 is 0 Å². The number of amides is 6. The van der Waals surface area contributed by atoms with Gasteiger partial charge in [0, 0.05) is 111 Å². The number of nitrogens with two attached hydrogens (primary N) is 3. The molecule has 6 amide bonds. The molecule has 0 bridgehead atoms. The molecule has 0 saturated carbocycles. The fraction of sp³-hybridized carbons (Fsp3) is 0.500. The summed E-state index contributed by atoms with van der Waals surface area (Å²) in [6, 6.07) is 14.0. The zero-order valence-electron chi connectivity index (χ0n) is 63.4. The molecular weight excluding hydrogens is 1300 g/mol. The largest absolute Gasteiger partial charge is 0.383 e. The first-order valence-corrected chi connectivity index (χ1v) is 35.0. The van der Waals surface area contributed by atoms with Crippen LogP contribution in [0.5, 0.6) is 0 Å². The molecule has 0 aliphatic rings. The highest BCUT2D eigenvalue weighted by molar-refractivity contribution is 6.06. The number of carbonyl (C=O) groups excluding carboxylic acids is 6. The van der Waals surface area contributed by atoms with Crippen LogP contribution in [0.1, 0.15) is 219 Å². The molecule has 0 saturated heterocycles. The van der Waals surface area contributed by atoms with Gasteiger partial charge in [-0.15, -0.1) is 30.7 Å². The number of nitrogens with one attached hydrogen (secondary N) is 2. The van der Waals surface area contributed by atoms with E-state index in [1.807, 2.05) is 125 Å². The van der Waals surface area contributed by atoms with Crippen LogP contribution in [-0.2, 0) is 10.8 Å². The van der Waals surface area contributed by atoms with Gasteiger partial charge in [0.05, 0.1) is 50.9 Å². The average Bonchev–Trinajstić information content (AvgIpc) is 1.60. The van der Waals surface area contributed by atoms with E-state index in [9.17, 15) is 34.2 Å². The Kier molecular flexibility index (Phi) is 26.9. The molecule has 0 atom stereocenters. The molecule has 8 N–H and O–H groups in total. The van der Waals surface area contributed by atoms with E-state index >= 15 is 0 Å². The summed E-state index contributed by atoms with van der Waals surface area (Å²) in [6.07, 6.45) is 0. The Hall–Kier alpha value is -10.7. The lowest BCUT2D eigenvalue weighted by Gasteiger charge is -2.22. The second-order valence-electron chi connectivity index (χ2n) is 26.9. The average molecular weight is 1400 g/mol. The van der Waals surface area contributed by atoms with Crippen LogP contribution in [0.3, 0.4) is 0 Å². The van der Waals surface area contributed by atoms with Crippen LogP contribution in [0.15, 0.2) is 96.8 Å². The number of rotatable bonds is 29. The maximum absolute atomic E-state index is 14.3. The highest BCUT2D eigenvalue weighted by Gasteiger charge is 2.34. The molecule has 0 fully saturated rings. The zero-order valence-corrected chi connectivity index (χ0v) is 63.4. The van der Waals surface area contributed by atoms with Crippen molar-refractivity contribution in [1.29, 1.82) is 5.41 Å². The minimum atomic E-state index is -0.930. The number of carbonyl (C=O) groups is 6. The van der Waals surface area contributed by atoms with Gasteiger partial charge in [-0.1, -0.05) is 62.3 Å². The third-order valence-electron chi connectivity index (χ3n) is 17.2. The fourth-order valence-corrected chi connectivity index (χ4v) is 10.9. The molecule has 30 heteroatoms. The molecule has 548 valence electrons. The van der Waals surface area contributed by atoms with Gasteiger partial charge < -0.3 is 57.3 Å². The van der Waals surface area contributed by atoms with E-state index in [1.165, 1.54) is 33.6 Å². The standard InChI is InChI=1S/C72H104N24O6/c1-22-89(23-2)61(97)43-34-37-49(46(40-43)64(100)92(28-7)29-8)81-84-52(55(73)70(13,14)15)58(74)77-67-78-68(95-59(75)53(56(87-95)71(16,17)18)85-82-50-38-35-44(62(98)90(24-3)25-4)41-47(50)65(101)93(30-9)31-10)80-69(79-67)96-60(76)54(57(88-96)72(19,20)21)86-83-51-39-36-45(63(99)91(26-5)27-6)42-48(51)66(102)94(32-11)33-12/h34-42,73H,22-33,74-76H2,1-21H3,(H,77,78,79,80)/b58-52+,73-55?,84-81+,85-82+,86-83+. The highest BCUT2D eigenvalue weighted by atomic mass is 16.2. The quantitative estimate of drug-likeness (QED) is 0.0215. The lowest BCUT2D eigenvalue weighted by molar-refractivity contribution is 0.0756. The summed E-state index contributed by atoms with van der Waals surface area (Å²) in [4.78, 5) is 108. The predicted molar refractivity (Wildman–Crippen MR) is 398 cm³/mol. The summed E-state index contributed by atoms with van der Waals surface area (Å²) in [6.45, 7) is 44.0. The van der Waals surface area contributed by atoms with Crippen molar-refractivity contribution in [2.24, 2.45) is 41.8 Å². The summed E-state index contributed by atoms with van der Waals surface area (Å²) in [5.41, 5.74) is 21.0. The van der Waals surface area contributed by atoms with Gasteiger partial charge in [0.2, 0.25) is 5.95 Å². The number of nitrogen functional groups attached to an aromatic ring is 2. The smallest absolute Gasteiger partial charge is 0.259 e. The highest BCUT2D eigenvalue weighted by Crippen LogP contribution is 2.41. The number of hydrogen-bond acceptors (Lipinski definition) is 22. The Morgan fingerprint density at radius 1 is 0.431 bits per heavy atom. The molecule has 0 unspecified atom stereocenters. The van der Waals surface area contributed by atoms with Crippen molar-refractivity contribution < 1.29 is 28.8 Å². The SMILES string of the molecule is CCN(CC)C(=O)c1ccc(/N=N/C(C(=N)C(C)(C)C)=C(\N)Nc2nc(-n3nc(C(C)(C)C)c(/N=N/c4ccc(C(=O)N(CC)CC)cc4C(=O)N(CC)CC)c3N)nc(-n3nc(C(C)(C)C)c(/N=N/c4ccc(C(=O)N(CC)CC)cc4C(=O)N(CC)CC)c3N)n2)c(C(=O)N(CC)CC)c1. The summed E-state index contributed by atoms with van der Waals surface area (Å²) >= 11 is 0. The number of nitrogens with zero attached hydrogens (tertiary/aromatic N) is 19. The second-order valence-corrected chi connectivity index (χ2v) is 26.9. The lowest BCUT2D eigenvalue weighted by Crippen LogP contribution is -2.32. The Labute approximate surface area is 598 Å². The van der Waals surface area contributed by atoms with Gasteiger partial charge in [-0.3, -0.25) is 28.8 Å². The van der Waals surface area contributed by atoms with Gasteiger partial charge in [-0.25, -0.2) is 0 Å². The van der Waals surface area contributed by atoms with Crippen molar-refractivity contribution in [3.05, 3.63) is 111 Å². The molecule has 3 aromatic heterocycles. The first-order valence-electron chi connectivity index (χ1n) is 35.0. The number of aromatic nitrogens is 7. The van der Waals surface area contributed by atoms with Gasteiger partial charge in [-0.05, 0) is 138 Å². The third-order valence-corrected chi connectivity index (χ3v) is 17.2.